The van der Waals surface area contributed by atoms with Crippen LogP contribution in [0, 0.1) is 5.92 Å². The highest BCUT2D eigenvalue weighted by Crippen LogP contribution is 2.21. The maximum Gasteiger partial charge on any atom is 0.267 e. The number of rotatable bonds is 4. The van der Waals surface area contributed by atoms with E-state index in [0.29, 0.717) is 31.6 Å². The number of aromatic nitrogens is 2. The molecule has 1 aliphatic rings. The predicted octanol–water partition coefficient (Wildman–Crippen LogP) is 0.696. The van der Waals surface area contributed by atoms with Gasteiger partial charge in [-0.2, -0.15) is 5.10 Å². The van der Waals surface area contributed by atoms with Gasteiger partial charge in [-0.25, -0.2) is 4.68 Å². The average Bonchev–Trinajstić information content (AvgIpc) is 3.11. The van der Waals surface area contributed by atoms with E-state index in [0.717, 1.165) is 4.88 Å². The van der Waals surface area contributed by atoms with E-state index < -0.39 is 0 Å². The molecule has 0 atom stereocenters. The lowest BCUT2D eigenvalue weighted by Gasteiger charge is -2.30. The van der Waals surface area contributed by atoms with Gasteiger partial charge in [0.2, 0.25) is 11.8 Å². The van der Waals surface area contributed by atoms with E-state index in [2.05, 4.69) is 5.10 Å². The van der Waals surface area contributed by atoms with E-state index in [1.807, 2.05) is 17.5 Å². The number of nitrogens with zero attached hydrogens (tertiary/aromatic N) is 3. The molecule has 2 N–H and O–H groups in total. The number of carbonyl (C=O) groups excluding carboxylic acids is 2. The van der Waals surface area contributed by atoms with Gasteiger partial charge in [0.15, 0.2) is 0 Å². The third-order valence-corrected chi connectivity index (χ3v) is 5.07. The number of hydrogen-bond acceptors (Lipinski definition) is 5. The molecule has 3 rings (SSSR count). The standard InChI is InChI=1S/C16H18N4O3S/c17-16(23)11-5-7-19(8-6-11)15(22)10-20-14(21)4-3-12(18-20)13-2-1-9-24-13/h1-4,9,11H,5-8,10H2,(H2,17,23). The van der Waals surface area contributed by atoms with E-state index in [-0.39, 0.29) is 29.8 Å². The van der Waals surface area contributed by atoms with Gasteiger partial charge in [-0.1, -0.05) is 6.07 Å². The fraction of sp³-hybridized carbons (Fsp3) is 0.375. The van der Waals surface area contributed by atoms with Gasteiger partial charge in [0.25, 0.3) is 5.56 Å². The fourth-order valence-corrected chi connectivity index (χ4v) is 3.45. The molecule has 2 aromatic rings. The molecule has 8 heteroatoms. The van der Waals surface area contributed by atoms with Crippen molar-refractivity contribution in [2.24, 2.45) is 11.7 Å². The summed E-state index contributed by atoms with van der Waals surface area (Å²) in [7, 11) is 0. The van der Waals surface area contributed by atoms with Gasteiger partial charge in [-0.15, -0.1) is 11.3 Å². The first-order valence-electron chi connectivity index (χ1n) is 7.74. The molecule has 2 amide bonds. The molecule has 0 unspecified atom stereocenters. The smallest absolute Gasteiger partial charge is 0.267 e. The molecule has 24 heavy (non-hydrogen) atoms. The number of hydrogen-bond donors (Lipinski definition) is 1. The number of nitrogens with two attached hydrogens (primary N) is 1. The van der Waals surface area contributed by atoms with Crippen molar-refractivity contribution in [2.75, 3.05) is 13.1 Å². The van der Waals surface area contributed by atoms with Crippen LogP contribution in [-0.4, -0.2) is 39.6 Å². The zero-order valence-electron chi connectivity index (χ0n) is 13.1. The number of piperidine rings is 1. The molecule has 0 bridgehead atoms. The molecule has 1 fully saturated rings. The van der Waals surface area contributed by atoms with Crippen molar-refractivity contribution in [3.8, 4) is 10.6 Å². The number of thiophene rings is 1. The van der Waals surface area contributed by atoms with Crippen LogP contribution in [0.5, 0.6) is 0 Å². The molecular formula is C16H18N4O3S. The number of amides is 2. The lowest BCUT2D eigenvalue weighted by molar-refractivity contribution is -0.135. The Morgan fingerprint density at radius 2 is 2.00 bits per heavy atom. The Labute approximate surface area is 142 Å². The van der Waals surface area contributed by atoms with E-state index in [1.165, 1.54) is 22.1 Å². The SMILES string of the molecule is NC(=O)C1CCN(C(=O)Cn2nc(-c3cccs3)ccc2=O)CC1. The normalized spacial score (nSPS) is 15.4. The van der Waals surface area contributed by atoms with E-state index in [9.17, 15) is 14.4 Å². The van der Waals surface area contributed by atoms with Gasteiger partial charge in [0.05, 0.1) is 4.88 Å². The summed E-state index contributed by atoms with van der Waals surface area (Å²) < 4.78 is 1.19. The van der Waals surface area contributed by atoms with Crippen LogP contribution in [0.4, 0.5) is 0 Å². The van der Waals surface area contributed by atoms with Crippen LogP contribution in [0.2, 0.25) is 0 Å². The lowest BCUT2D eigenvalue weighted by Crippen LogP contribution is -2.44. The highest BCUT2D eigenvalue weighted by atomic mass is 32.1. The highest BCUT2D eigenvalue weighted by molar-refractivity contribution is 7.13. The highest BCUT2D eigenvalue weighted by Gasteiger charge is 2.26. The molecule has 2 aromatic heterocycles. The zero-order chi connectivity index (χ0) is 17.1. The summed E-state index contributed by atoms with van der Waals surface area (Å²) in [5.74, 6) is -0.656. The summed E-state index contributed by atoms with van der Waals surface area (Å²) in [6.45, 7) is 0.858. The summed E-state index contributed by atoms with van der Waals surface area (Å²) in [6.07, 6.45) is 1.14. The predicted molar refractivity (Wildman–Crippen MR) is 90.3 cm³/mol. The number of carbonyl (C=O) groups is 2. The quantitative estimate of drug-likeness (QED) is 0.881. The van der Waals surface area contributed by atoms with E-state index in [1.54, 1.807) is 11.0 Å². The van der Waals surface area contributed by atoms with E-state index >= 15 is 0 Å². The second-order valence-corrected chi connectivity index (χ2v) is 6.70. The summed E-state index contributed by atoms with van der Waals surface area (Å²) >= 11 is 1.52. The monoisotopic (exact) mass is 346 g/mol. The Kier molecular flexibility index (Phi) is 4.75. The third kappa shape index (κ3) is 3.53. The largest absolute Gasteiger partial charge is 0.369 e. The van der Waals surface area contributed by atoms with Crippen molar-refractivity contribution in [3.63, 3.8) is 0 Å². The third-order valence-electron chi connectivity index (χ3n) is 4.18. The molecule has 0 radical (unpaired) electrons. The van der Waals surface area contributed by atoms with Crippen molar-refractivity contribution in [1.82, 2.24) is 14.7 Å². The first-order chi connectivity index (χ1) is 11.5. The topological polar surface area (TPSA) is 98.3 Å². The molecule has 0 aromatic carbocycles. The molecule has 0 saturated carbocycles. The summed E-state index contributed by atoms with van der Waals surface area (Å²) in [6, 6.07) is 6.91. The van der Waals surface area contributed by atoms with Gasteiger partial charge in [0.1, 0.15) is 12.2 Å². The maximum absolute atomic E-state index is 12.4. The van der Waals surface area contributed by atoms with Crippen molar-refractivity contribution in [1.29, 1.82) is 0 Å². The number of primary amides is 1. The lowest BCUT2D eigenvalue weighted by atomic mass is 9.96. The zero-order valence-corrected chi connectivity index (χ0v) is 13.9. The van der Waals surface area contributed by atoms with Crippen molar-refractivity contribution in [3.05, 3.63) is 40.0 Å². The summed E-state index contributed by atoms with van der Waals surface area (Å²) in [5, 5.41) is 6.22. The maximum atomic E-state index is 12.4. The Balaban J connectivity index is 1.70. The van der Waals surface area contributed by atoms with Gasteiger partial charge >= 0.3 is 0 Å². The first-order valence-corrected chi connectivity index (χ1v) is 8.61. The van der Waals surface area contributed by atoms with Crippen molar-refractivity contribution in [2.45, 2.75) is 19.4 Å². The Morgan fingerprint density at radius 1 is 1.25 bits per heavy atom. The van der Waals surface area contributed by atoms with Crippen LogP contribution in [0.25, 0.3) is 10.6 Å². The van der Waals surface area contributed by atoms with Crippen LogP contribution >= 0.6 is 11.3 Å². The second-order valence-electron chi connectivity index (χ2n) is 5.75. The minimum atomic E-state index is -0.316. The van der Waals surface area contributed by atoms with Crippen LogP contribution in [0.1, 0.15) is 12.8 Å². The van der Waals surface area contributed by atoms with Gasteiger partial charge < -0.3 is 10.6 Å². The van der Waals surface area contributed by atoms with Gasteiger partial charge in [-0.3, -0.25) is 14.4 Å². The first kappa shape index (κ1) is 16.4. The molecule has 7 nitrogen and oxygen atoms in total. The summed E-state index contributed by atoms with van der Waals surface area (Å²) in [5.41, 5.74) is 5.66. The molecule has 1 aliphatic heterocycles. The molecular weight excluding hydrogens is 328 g/mol. The van der Waals surface area contributed by atoms with Gasteiger partial charge in [-0.05, 0) is 30.4 Å². The fourth-order valence-electron chi connectivity index (χ4n) is 2.76. The minimum absolute atomic E-state index is 0.0979. The molecule has 3 heterocycles. The molecule has 0 aliphatic carbocycles. The molecule has 1 saturated heterocycles. The molecule has 0 spiro atoms. The average molecular weight is 346 g/mol. The second kappa shape index (κ2) is 6.96. The minimum Gasteiger partial charge on any atom is -0.369 e. The van der Waals surface area contributed by atoms with Crippen LogP contribution in [0.15, 0.2) is 34.4 Å². The Hall–Kier alpha value is -2.48. The summed E-state index contributed by atoms with van der Waals surface area (Å²) in [4.78, 5) is 38.2. The Bertz CT molecular complexity index is 792. The number of likely N-dealkylation sites (tertiary alicyclic amines) is 1. The van der Waals surface area contributed by atoms with Crippen LogP contribution in [0.3, 0.4) is 0 Å². The van der Waals surface area contributed by atoms with Crippen molar-refractivity contribution >= 4 is 23.2 Å². The Morgan fingerprint density at radius 3 is 2.62 bits per heavy atom. The molecule has 126 valence electrons. The van der Waals surface area contributed by atoms with Crippen LogP contribution < -0.4 is 11.3 Å². The van der Waals surface area contributed by atoms with Crippen molar-refractivity contribution < 1.29 is 9.59 Å². The van der Waals surface area contributed by atoms with E-state index in [4.69, 9.17) is 5.73 Å². The van der Waals surface area contributed by atoms with Gasteiger partial charge in [0, 0.05) is 25.1 Å². The van der Waals surface area contributed by atoms with Crippen LogP contribution in [-0.2, 0) is 16.1 Å².